The van der Waals surface area contributed by atoms with Crippen molar-refractivity contribution in [2.75, 3.05) is 12.0 Å². The lowest BCUT2D eigenvalue weighted by Gasteiger charge is -2.17. The van der Waals surface area contributed by atoms with E-state index in [2.05, 4.69) is 33.8 Å². The third kappa shape index (κ3) is 4.34. The van der Waals surface area contributed by atoms with Gasteiger partial charge in [0, 0.05) is 5.56 Å². The van der Waals surface area contributed by atoms with Crippen molar-refractivity contribution in [2.45, 2.75) is 27.7 Å². The fourth-order valence-electron chi connectivity index (χ4n) is 3.47. The number of hydrogen-bond donors (Lipinski definition) is 0. The van der Waals surface area contributed by atoms with Crippen molar-refractivity contribution in [1.29, 1.82) is 0 Å². The minimum atomic E-state index is -0.0910. The molecular weight excluding hydrogens is 416 g/mol. The Morgan fingerprint density at radius 2 is 1.56 bits per heavy atom. The first-order valence-corrected chi connectivity index (χ1v) is 11.3. The molecule has 0 bridgehead atoms. The van der Waals surface area contributed by atoms with E-state index in [1.807, 2.05) is 60.7 Å². The molecule has 3 aromatic carbocycles. The first-order valence-electron chi connectivity index (χ1n) is 10.5. The van der Waals surface area contributed by atoms with Crippen LogP contribution in [0.25, 0.3) is 6.08 Å². The van der Waals surface area contributed by atoms with Gasteiger partial charge in [0.2, 0.25) is 0 Å². The number of hydrogen-bond acceptors (Lipinski definition) is 4. The van der Waals surface area contributed by atoms with Crippen LogP contribution in [0.1, 0.15) is 27.8 Å². The Kier molecular flexibility index (Phi) is 6.19. The highest BCUT2D eigenvalue weighted by Gasteiger charge is 2.35. The lowest BCUT2D eigenvalue weighted by atomic mass is 10.1. The van der Waals surface area contributed by atoms with Crippen LogP contribution in [0, 0.1) is 27.7 Å². The smallest absolute Gasteiger partial charge is 0.271 e. The highest BCUT2D eigenvalue weighted by atomic mass is 32.2. The second kappa shape index (κ2) is 9.05. The summed E-state index contributed by atoms with van der Waals surface area (Å²) in [5.41, 5.74) is 7.21. The van der Waals surface area contributed by atoms with E-state index < -0.39 is 0 Å². The van der Waals surface area contributed by atoms with Crippen LogP contribution in [0.4, 0.5) is 11.4 Å². The molecule has 1 amide bonds. The average Bonchev–Trinajstić information content (AvgIpc) is 3.07. The molecule has 0 radical (unpaired) electrons. The Labute approximate surface area is 193 Å². The number of aryl methyl sites for hydroxylation is 4. The number of aliphatic imine (C=N–C) groups is 1. The summed E-state index contributed by atoms with van der Waals surface area (Å²) >= 11 is 1.38. The van der Waals surface area contributed by atoms with Crippen LogP contribution in [0.3, 0.4) is 0 Å². The standard InChI is InChI=1S/C27H26N2O2S/c1-17-10-12-22(14-19(17)3)28-27-29(23-13-11-18(2)20(4)15-23)26(30)25(32-27)16-21-8-6-7-9-24(21)31-5/h6-16H,1-5H3/b25-16-,28-27?. The number of nitrogens with zero attached hydrogens (tertiary/aromatic N) is 2. The molecule has 162 valence electrons. The number of benzene rings is 3. The molecule has 0 aromatic heterocycles. The van der Waals surface area contributed by atoms with Crippen molar-refractivity contribution in [3.8, 4) is 5.75 Å². The van der Waals surface area contributed by atoms with Gasteiger partial charge >= 0.3 is 0 Å². The summed E-state index contributed by atoms with van der Waals surface area (Å²) in [6.45, 7) is 8.27. The topological polar surface area (TPSA) is 41.9 Å². The first kappa shape index (κ1) is 21.9. The predicted octanol–water partition coefficient (Wildman–Crippen LogP) is 6.74. The van der Waals surface area contributed by atoms with Crippen LogP contribution in [-0.4, -0.2) is 18.2 Å². The first-order chi connectivity index (χ1) is 15.4. The van der Waals surface area contributed by atoms with Crippen molar-refractivity contribution in [2.24, 2.45) is 4.99 Å². The normalized spacial score (nSPS) is 16.3. The maximum atomic E-state index is 13.5. The number of anilines is 1. The summed E-state index contributed by atoms with van der Waals surface area (Å²) in [6, 6.07) is 19.8. The van der Waals surface area contributed by atoms with Crippen molar-refractivity contribution in [1.82, 2.24) is 0 Å². The van der Waals surface area contributed by atoms with Gasteiger partial charge in [-0.05, 0) is 98.1 Å². The zero-order chi connectivity index (χ0) is 22.8. The van der Waals surface area contributed by atoms with Gasteiger partial charge < -0.3 is 4.74 Å². The molecule has 1 fully saturated rings. The predicted molar refractivity (Wildman–Crippen MR) is 135 cm³/mol. The van der Waals surface area contributed by atoms with Gasteiger partial charge in [-0.2, -0.15) is 0 Å². The number of carbonyl (C=O) groups excluding carboxylic acids is 1. The second-order valence-electron chi connectivity index (χ2n) is 7.92. The largest absolute Gasteiger partial charge is 0.496 e. The quantitative estimate of drug-likeness (QED) is 0.420. The number of para-hydroxylation sites is 1. The van der Waals surface area contributed by atoms with Crippen LogP contribution >= 0.6 is 11.8 Å². The Morgan fingerprint density at radius 3 is 2.25 bits per heavy atom. The van der Waals surface area contributed by atoms with Crippen molar-refractivity contribution < 1.29 is 9.53 Å². The molecular formula is C27H26N2O2S. The Hall–Kier alpha value is -3.31. The van der Waals surface area contributed by atoms with Crippen molar-refractivity contribution in [3.05, 3.63) is 93.4 Å². The van der Waals surface area contributed by atoms with E-state index >= 15 is 0 Å². The van der Waals surface area contributed by atoms with Crippen LogP contribution in [0.2, 0.25) is 0 Å². The molecule has 1 aliphatic rings. The van der Waals surface area contributed by atoms with E-state index in [1.165, 1.54) is 28.5 Å². The molecule has 1 heterocycles. The average molecular weight is 443 g/mol. The summed E-state index contributed by atoms with van der Waals surface area (Å²) in [7, 11) is 1.63. The molecule has 0 atom stereocenters. The Balaban J connectivity index is 1.82. The van der Waals surface area contributed by atoms with E-state index in [0.29, 0.717) is 10.1 Å². The number of rotatable bonds is 4. The summed E-state index contributed by atoms with van der Waals surface area (Å²) in [5, 5.41) is 0.641. The fraction of sp³-hybridized carbons (Fsp3) is 0.185. The third-order valence-electron chi connectivity index (χ3n) is 5.70. The zero-order valence-corrected chi connectivity index (χ0v) is 19.8. The van der Waals surface area contributed by atoms with Crippen LogP contribution < -0.4 is 9.64 Å². The highest BCUT2D eigenvalue weighted by Crippen LogP contribution is 2.38. The summed E-state index contributed by atoms with van der Waals surface area (Å²) in [4.78, 5) is 20.7. The highest BCUT2D eigenvalue weighted by molar-refractivity contribution is 8.19. The minimum absolute atomic E-state index is 0.0910. The van der Waals surface area contributed by atoms with Crippen molar-refractivity contribution in [3.63, 3.8) is 0 Å². The number of amides is 1. The van der Waals surface area contributed by atoms with Gasteiger partial charge in [-0.15, -0.1) is 0 Å². The van der Waals surface area contributed by atoms with Crippen LogP contribution in [0.15, 0.2) is 70.6 Å². The Morgan fingerprint density at radius 1 is 0.875 bits per heavy atom. The van der Waals surface area contributed by atoms with Gasteiger partial charge in [-0.1, -0.05) is 30.3 Å². The number of methoxy groups -OCH3 is 1. The van der Waals surface area contributed by atoms with E-state index in [0.717, 1.165) is 28.3 Å². The minimum Gasteiger partial charge on any atom is -0.496 e. The molecule has 0 spiro atoms. The van der Waals surface area contributed by atoms with Gasteiger partial charge in [-0.3, -0.25) is 9.69 Å². The lowest BCUT2D eigenvalue weighted by Crippen LogP contribution is -2.28. The molecule has 0 aliphatic carbocycles. The maximum absolute atomic E-state index is 13.5. The molecule has 32 heavy (non-hydrogen) atoms. The monoisotopic (exact) mass is 442 g/mol. The van der Waals surface area contributed by atoms with Crippen LogP contribution in [-0.2, 0) is 4.79 Å². The van der Waals surface area contributed by atoms with E-state index in [1.54, 1.807) is 12.0 Å². The molecule has 0 saturated carbocycles. The summed E-state index contributed by atoms with van der Waals surface area (Å²) < 4.78 is 5.47. The maximum Gasteiger partial charge on any atom is 0.271 e. The molecule has 4 nitrogen and oxygen atoms in total. The fourth-order valence-corrected chi connectivity index (χ4v) is 4.47. The SMILES string of the molecule is COc1ccccc1/C=C1\SC(=Nc2ccc(C)c(C)c2)N(c2ccc(C)c(C)c2)C1=O. The van der Waals surface area contributed by atoms with Crippen molar-refractivity contribution >= 4 is 40.3 Å². The number of ether oxygens (including phenoxy) is 1. The summed E-state index contributed by atoms with van der Waals surface area (Å²) in [5.74, 6) is 0.637. The van der Waals surface area contributed by atoms with Gasteiger partial charge in [-0.25, -0.2) is 4.99 Å². The lowest BCUT2D eigenvalue weighted by molar-refractivity contribution is -0.113. The molecule has 0 unspecified atom stereocenters. The van der Waals surface area contributed by atoms with Gasteiger partial charge in [0.1, 0.15) is 5.75 Å². The molecule has 1 aliphatic heterocycles. The molecule has 5 heteroatoms. The van der Waals surface area contributed by atoms with Gasteiger partial charge in [0.15, 0.2) is 5.17 Å². The summed E-state index contributed by atoms with van der Waals surface area (Å²) in [6.07, 6.45) is 1.88. The molecule has 4 rings (SSSR count). The van der Waals surface area contributed by atoms with E-state index in [4.69, 9.17) is 9.73 Å². The van der Waals surface area contributed by atoms with Gasteiger partial charge in [0.05, 0.1) is 23.4 Å². The molecule has 1 saturated heterocycles. The van der Waals surface area contributed by atoms with Gasteiger partial charge in [0.25, 0.3) is 5.91 Å². The number of thioether (sulfide) groups is 1. The molecule has 3 aromatic rings. The number of carbonyl (C=O) groups is 1. The Bertz CT molecular complexity index is 1260. The number of amidine groups is 1. The van der Waals surface area contributed by atoms with E-state index in [9.17, 15) is 4.79 Å². The van der Waals surface area contributed by atoms with E-state index in [-0.39, 0.29) is 5.91 Å². The second-order valence-corrected chi connectivity index (χ2v) is 8.93. The zero-order valence-electron chi connectivity index (χ0n) is 19.0. The van der Waals surface area contributed by atoms with Crippen LogP contribution in [0.5, 0.6) is 5.75 Å². The third-order valence-corrected chi connectivity index (χ3v) is 6.66. The molecule has 0 N–H and O–H groups in total.